The van der Waals surface area contributed by atoms with Gasteiger partial charge in [-0.3, -0.25) is 9.48 Å². The first-order chi connectivity index (χ1) is 14.1. The van der Waals surface area contributed by atoms with Gasteiger partial charge in [-0.2, -0.15) is 10.1 Å². The summed E-state index contributed by atoms with van der Waals surface area (Å²) in [6, 6.07) is 0. The topological polar surface area (TPSA) is 95.5 Å². The number of ether oxygens (including phenoxy) is 2. The molecule has 2 aromatic rings. The lowest BCUT2D eigenvalue weighted by Crippen LogP contribution is -2.43. The Morgan fingerprint density at radius 1 is 1.31 bits per heavy atom. The van der Waals surface area contributed by atoms with E-state index in [-0.39, 0.29) is 12.0 Å². The maximum Gasteiger partial charge on any atom is 0.257 e. The molecule has 29 heavy (non-hydrogen) atoms. The number of aryl methyl sites for hydroxylation is 1. The van der Waals surface area contributed by atoms with Gasteiger partial charge in [0.05, 0.1) is 24.5 Å². The second-order valence-corrected chi connectivity index (χ2v) is 7.84. The summed E-state index contributed by atoms with van der Waals surface area (Å²) in [5.74, 6) is 1.73. The van der Waals surface area contributed by atoms with Crippen LogP contribution in [0.3, 0.4) is 0 Å². The van der Waals surface area contributed by atoms with Crippen molar-refractivity contribution in [2.45, 2.75) is 51.0 Å². The minimum atomic E-state index is 0.0307. The van der Waals surface area contributed by atoms with Crippen molar-refractivity contribution in [2.75, 3.05) is 32.9 Å². The Morgan fingerprint density at radius 2 is 2.14 bits per heavy atom. The van der Waals surface area contributed by atoms with Crippen molar-refractivity contribution in [1.82, 2.24) is 24.8 Å². The molecule has 2 fully saturated rings. The number of rotatable bonds is 6. The van der Waals surface area contributed by atoms with Gasteiger partial charge in [0, 0.05) is 51.4 Å². The molecule has 4 heterocycles. The van der Waals surface area contributed by atoms with Crippen LogP contribution in [0, 0.1) is 6.92 Å². The molecule has 0 bridgehead atoms. The fourth-order valence-electron chi connectivity index (χ4n) is 3.93. The first kappa shape index (κ1) is 20.0. The molecule has 2 aromatic heterocycles. The van der Waals surface area contributed by atoms with E-state index in [0.29, 0.717) is 42.8 Å². The minimum absolute atomic E-state index is 0.0307. The van der Waals surface area contributed by atoms with E-state index in [1.165, 1.54) is 0 Å². The molecule has 0 aliphatic carbocycles. The zero-order valence-electron chi connectivity index (χ0n) is 17.2. The van der Waals surface area contributed by atoms with Crippen LogP contribution in [0.25, 0.3) is 0 Å². The monoisotopic (exact) mass is 403 g/mol. The predicted octanol–water partition coefficient (Wildman–Crippen LogP) is 1.87. The molecule has 4 rings (SSSR count). The summed E-state index contributed by atoms with van der Waals surface area (Å²) in [4.78, 5) is 19.2. The number of piperidine rings is 1. The zero-order valence-corrected chi connectivity index (χ0v) is 17.2. The molecule has 158 valence electrons. The van der Waals surface area contributed by atoms with Gasteiger partial charge < -0.3 is 18.9 Å². The predicted molar refractivity (Wildman–Crippen MR) is 104 cm³/mol. The van der Waals surface area contributed by atoms with Crippen molar-refractivity contribution in [3.8, 4) is 0 Å². The number of likely N-dealkylation sites (tertiary alicyclic amines) is 1. The number of carbonyl (C=O) groups excluding carboxylic acids is 1. The second-order valence-electron chi connectivity index (χ2n) is 7.84. The van der Waals surface area contributed by atoms with Gasteiger partial charge >= 0.3 is 0 Å². The standard InChI is InChI=1S/C20H29N5O4/c1-14-17(12-21-24(14)2)20(26)25-8-3-4-16(13-25)28-11-7-18-22-19(29-23-18)15-5-9-27-10-6-15/h12,15-16H,3-11,13H2,1-2H3. The molecule has 0 spiro atoms. The number of aromatic nitrogens is 4. The van der Waals surface area contributed by atoms with E-state index in [9.17, 15) is 4.79 Å². The highest BCUT2D eigenvalue weighted by Crippen LogP contribution is 2.25. The molecule has 1 amide bonds. The lowest BCUT2D eigenvalue weighted by molar-refractivity contribution is 0.00248. The molecule has 0 N–H and O–H groups in total. The van der Waals surface area contributed by atoms with Gasteiger partial charge in [-0.25, -0.2) is 0 Å². The molecule has 2 aliphatic rings. The summed E-state index contributed by atoms with van der Waals surface area (Å²) in [5, 5.41) is 8.27. The molecule has 1 atom stereocenters. The van der Waals surface area contributed by atoms with Crippen molar-refractivity contribution < 1.29 is 18.8 Å². The average molecular weight is 403 g/mol. The Hall–Kier alpha value is -2.26. The van der Waals surface area contributed by atoms with Crippen LogP contribution in [-0.2, 0) is 22.9 Å². The largest absolute Gasteiger partial charge is 0.381 e. The molecule has 0 aromatic carbocycles. The number of carbonyl (C=O) groups is 1. The van der Waals surface area contributed by atoms with Gasteiger partial charge in [0.25, 0.3) is 5.91 Å². The molecular formula is C20H29N5O4. The highest BCUT2D eigenvalue weighted by atomic mass is 16.5. The van der Waals surface area contributed by atoms with Gasteiger partial charge in [0.15, 0.2) is 5.82 Å². The highest BCUT2D eigenvalue weighted by molar-refractivity contribution is 5.95. The van der Waals surface area contributed by atoms with Crippen LogP contribution >= 0.6 is 0 Å². The fraction of sp³-hybridized carbons (Fsp3) is 0.700. The Labute approximate surface area is 170 Å². The fourth-order valence-corrected chi connectivity index (χ4v) is 3.93. The first-order valence-corrected chi connectivity index (χ1v) is 10.4. The molecule has 2 saturated heterocycles. The van der Waals surface area contributed by atoms with Crippen LogP contribution < -0.4 is 0 Å². The van der Waals surface area contributed by atoms with E-state index < -0.39 is 0 Å². The summed E-state index contributed by atoms with van der Waals surface area (Å²) in [6.45, 7) is 5.30. The Balaban J connectivity index is 1.25. The number of amides is 1. The third kappa shape index (κ3) is 4.67. The van der Waals surface area contributed by atoms with Crippen LogP contribution in [0.15, 0.2) is 10.7 Å². The van der Waals surface area contributed by atoms with E-state index in [2.05, 4.69) is 15.2 Å². The number of nitrogens with zero attached hydrogens (tertiary/aromatic N) is 5. The summed E-state index contributed by atoms with van der Waals surface area (Å²) < 4.78 is 18.6. The van der Waals surface area contributed by atoms with Crippen molar-refractivity contribution >= 4 is 5.91 Å². The third-order valence-electron chi connectivity index (χ3n) is 5.86. The maximum absolute atomic E-state index is 12.8. The van der Waals surface area contributed by atoms with Gasteiger partial charge in [-0.05, 0) is 32.6 Å². The molecule has 9 nitrogen and oxygen atoms in total. The number of hydrogen-bond donors (Lipinski definition) is 0. The number of hydrogen-bond acceptors (Lipinski definition) is 7. The van der Waals surface area contributed by atoms with E-state index >= 15 is 0 Å². The quantitative estimate of drug-likeness (QED) is 0.726. The van der Waals surface area contributed by atoms with Gasteiger partial charge in [-0.15, -0.1) is 0 Å². The first-order valence-electron chi connectivity index (χ1n) is 10.4. The van der Waals surface area contributed by atoms with Crippen LogP contribution in [-0.4, -0.2) is 69.7 Å². The molecule has 0 saturated carbocycles. The van der Waals surface area contributed by atoms with Crippen LogP contribution in [0.1, 0.15) is 59.4 Å². The lowest BCUT2D eigenvalue weighted by atomic mass is 10.0. The Kier molecular flexibility index (Phi) is 6.25. The van der Waals surface area contributed by atoms with Crippen molar-refractivity contribution in [1.29, 1.82) is 0 Å². The maximum atomic E-state index is 12.8. The summed E-state index contributed by atoms with van der Waals surface area (Å²) in [6.07, 6.45) is 6.04. The molecule has 0 radical (unpaired) electrons. The lowest BCUT2D eigenvalue weighted by Gasteiger charge is -2.32. The zero-order chi connectivity index (χ0) is 20.2. The van der Waals surface area contributed by atoms with E-state index in [4.69, 9.17) is 14.0 Å². The normalized spacial score (nSPS) is 20.9. The smallest absolute Gasteiger partial charge is 0.257 e. The van der Waals surface area contributed by atoms with Crippen LogP contribution in [0.2, 0.25) is 0 Å². The van der Waals surface area contributed by atoms with Crippen molar-refractivity contribution in [3.05, 3.63) is 29.2 Å². The third-order valence-corrected chi connectivity index (χ3v) is 5.86. The van der Waals surface area contributed by atoms with Crippen LogP contribution in [0.5, 0.6) is 0 Å². The van der Waals surface area contributed by atoms with E-state index in [1.54, 1.807) is 10.9 Å². The Morgan fingerprint density at radius 3 is 2.90 bits per heavy atom. The van der Waals surface area contributed by atoms with Gasteiger partial charge in [0.2, 0.25) is 5.89 Å². The second kappa shape index (κ2) is 9.04. The Bertz CT molecular complexity index is 827. The summed E-state index contributed by atoms with van der Waals surface area (Å²) in [5.41, 5.74) is 1.55. The SMILES string of the molecule is Cc1c(C(=O)N2CCCC(OCCc3noc(C4CCOCC4)n3)C2)cnn1C. The van der Waals surface area contributed by atoms with Crippen molar-refractivity contribution in [2.24, 2.45) is 7.05 Å². The van der Waals surface area contributed by atoms with Crippen LogP contribution in [0.4, 0.5) is 0 Å². The van der Waals surface area contributed by atoms with E-state index in [1.807, 2.05) is 18.9 Å². The highest BCUT2D eigenvalue weighted by Gasteiger charge is 2.27. The summed E-state index contributed by atoms with van der Waals surface area (Å²) in [7, 11) is 1.85. The van der Waals surface area contributed by atoms with Gasteiger partial charge in [0.1, 0.15) is 0 Å². The molecule has 2 aliphatic heterocycles. The summed E-state index contributed by atoms with van der Waals surface area (Å²) >= 11 is 0. The van der Waals surface area contributed by atoms with Crippen molar-refractivity contribution in [3.63, 3.8) is 0 Å². The average Bonchev–Trinajstić information content (AvgIpc) is 3.36. The van der Waals surface area contributed by atoms with E-state index in [0.717, 1.165) is 51.1 Å². The van der Waals surface area contributed by atoms with Gasteiger partial charge in [-0.1, -0.05) is 5.16 Å². The molecular weight excluding hydrogens is 374 g/mol. The molecule has 9 heteroatoms. The minimum Gasteiger partial charge on any atom is -0.381 e. The molecule has 1 unspecified atom stereocenters.